The van der Waals surface area contributed by atoms with Crippen molar-refractivity contribution in [3.8, 4) is 0 Å². The standard InChI is InChI=1S/C11H14BrN3O3/c12-9-5-8(6-10(7-9)15(17)18)11(16)14-4-2-1-3-13/h5-7H,1-4,13H2,(H,14,16). The van der Waals surface area contributed by atoms with Crippen LogP contribution >= 0.6 is 15.9 Å². The van der Waals surface area contributed by atoms with Crippen molar-refractivity contribution in [3.05, 3.63) is 38.3 Å². The Morgan fingerprint density at radius 1 is 1.39 bits per heavy atom. The monoisotopic (exact) mass is 315 g/mol. The molecule has 1 rings (SSSR count). The number of non-ortho nitro benzene ring substituents is 1. The van der Waals surface area contributed by atoms with Crippen LogP contribution in [0.15, 0.2) is 22.7 Å². The molecule has 98 valence electrons. The lowest BCUT2D eigenvalue weighted by Crippen LogP contribution is -2.24. The molecule has 0 atom stereocenters. The SMILES string of the molecule is NCCCCNC(=O)c1cc(Br)cc([N+](=O)[O-])c1. The molecule has 1 aromatic rings. The summed E-state index contributed by atoms with van der Waals surface area (Å²) in [4.78, 5) is 21.9. The lowest BCUT2D eigenvalue weighted by atomic mass is 10.2. The number of benzene rings is 1. The van der Waals surface area contributed by atoms with Crippen LogP contribution in [-0.2, 0) is 0 Å². The number of nitrogens with two attached hydrogens (primary N) is 1. The largest absolute Gasteiger partial charge is 0.352 e. The highest BCUT2D eigenvalue weighted by atomic mass is 79.9. The van der Waals surface area contributed by atoms with Crippen molar-refractivity contribution < 1.29 is 9.72 Å². The van der Waals surface area contributed by atoms with Gasteiger partial charge in [-0.25, -0.2) is 0 Å². The zero-order chi connectivity index (χ0) is 13.5. The number of unbranched alkanes of at least 4 members (excludes halogenated alkanes) is 1. The van der Waals surface area contributed by atoms with Crippen molar-refractivity contribution in [1.29, 1.82) is 0 Å². The molecule has 0 spiro atoms. The molecule has 0 heterocycles. The fraction of sp³-hybridized carbons (Fsp3) is 0.364. The van der Waals surface area contributed by atoms with Gasteiger partial charge in [-0.3, -0.25) is 14.9 Å². The quantitative estimate of drug-likeness (QED) is 0.475. The normalized spacial score (nSPS) is 10.1. The van der Waals surface area contributed by atoms with E-state index in [0.717, 1.165) is 12.8 Å². The van der Waals surface area contributed by atoms with Crippen LogP contribution in [0, 0.1) is 10.1 Å². The van der Waals surface area contributed by atoms with Crippen LogP contribution in [0.4, 0.5) is 5.69 Å². The predicted octanol–water partition coefficient (Wildman–Crippen LogP) is 1.83. The number of hydrogen-bond donors (Lipinski definition) is 2. The molecule has 3 N–H and O–H groups in total. The lowest BCUT2D eigenvalue weighted by Gasteiger charge is -2.05. The number of nitro groups is 1. The number of halogens is 1. The van der Waals surface area contributed by atoms with Crippen LogP contribution in [-0.4, -0.2) is 23.9 Å². The van der Waals surface area contributed by atoms with E-state index >= 15 is 0 Å². The van der Waals surface area contributed by atoms with Crippen molar-refractivity contribution >= 4 is 27.5 Å². The molecular formula is C11H14BrN3O3. The molecule has 0 aliphatic rings. The first-order valence-electron chi connectivity index (χ1n) is 5.48. The molecule has 7 heteroatoms. The van der Waals surface area contributed by atoms with Crippen LogP contribution in [0.25, 0.3) is 0 Å². The number of nitro benzene ring substituents is 1. The van der Waals surface area contributed by atoms with Gasteiger partial charge in [-0.15, -0.1) is 0 Å². The Balaban J connectivity index is 2.70. The Labute approximate surface area is 113 Å². The second-order valence-corrected chi connectivity index (χ2v) is 4.62. The fourth-order valence-electron chi connectivity index (χ4n) is 1.38. The number of nitrogens with one attached hydrogen (secondary N) is 1. The molecule has 0 aliphatic heterocycles. The summed E-state index contributed by atoms with van der Waals surface area (Å²) >= 11 is 3.14. The number of rotatable bonds is 6. The fourth-order valence-corrected chi connectivity index (χ4v) is 1.87. The van der Waals surface area contributed by atoms with Gasteiger partial charge in [0.25, 0.3) is 11.6 Å². The third-order valence-corrected chi connectivity index (χ3v) is 2.73. The Bertz CT molecular complexity index is 451. The van der Waals surface area contributed by atoms with E-state index in [2.05, 4.69) is 21.2 Å². The van der Waals surface area contributed by atoms with Gasteiger partial charge in [0.05, 0.1) is 4.92 Å². The Hall–Kier alpha value is -1.47. The van der Waals surface area contributed by atoms with E-state index in [1.165, 1.54) is 12.1 Å². The van der Waals surface area contributed by atoms with Crippen molar-refractivity contribution in [2.24, 2.45) is 5.73 Å². The van der Waals surface area contributed by atoms with Crippen molar-refractivity contribution in [2.45, 2.75) is 12.8 Å². The van der Waals surface area contributed by atoms with Crippen molar-refractivity contribution in [1.82, 2.24) is 5.32 Å². The van der Waals surface area contributed by atoms with Crippen LogP contribution in [0.3, 0.4) is 0 Å². The van der Waals surface area contributed by atoms with E-state index in [1.807, 2.05) is 0 Å². The summed E-state index contributed by atoms with van der Waals surface area (Å²) in [5.74, 6) is -0.323. The minimum absolute atomic E-state index is 0.114. The summed E-state index contributed by atoms with van der Waals surface area (Å²) in [5, 5.41) is 13.4. The molecule has 0 fully saturated rings. The average Bonchev–Trinajstić information content (AvgIpc) is 2.33. The van der Waals surface area contributed by atoms with Gasteiger partial charge in [0.15, 0.2) is 0 Å². The molecule has 0 saturated carbocycles. The second-order valence-electron chi connectivity index (χ2n) is 3.71. The molecular weight excluding hydrogens is 302 g/mol. The summed E-state index contributed by atoms with van der Waals surface area (Å²) in [6.45, 7) is 1.09. The summed E-state index contributed by atoms with van der Waals surface area (Å²) in [7, 11) is 0. The Morgan fingerprint density at radius 2 is 2.11 bits per heavy atom. The minimum Gasteiger partial charge on any atom is -0.352 e. The van der Waals surface area contributed by atoms with Gasteiger partial charge in [-0.2, -0.15) is 0 Å². The van der Waals surface area contributed by atoms with Gasteiger partial charge in [-0.05, 0) is 25.5 Å². The maximum absolute atomic E-state index is 11.7. The summed E-state index contributed by atoms with van der Waals surface area (Å²) in [6, 6.07) is 4.15. The summed E-state index contributed by atoms with van der Waals surface area (Å²) in [6.07, 6.45) is 1.62. The highest BCUT2D eigenvalue weighted by Gasteiger charge is 2.13. The van der Waals surface area contributed by atoms with E-state index < -0.39 is 4.92 Å². The Kier molecular flexibility index (Phi) is 5.73. The summed E-state index contributed by atoms with van der Waals surface area (Å²) < 4.78 is 0.504. The van der Waals surface area contributed by atoms with Gasteiger partial charge in [0.1, 0.15) is 0 Å². The van der Waals surface area contributed by atoms with Gasteiger partial charge < -0.3 is 11.1 Å². The highest BCUT2D eigenvalue weighted by Crippen LogP contribution is 2.21. The van der Waals surface area contributed by atoms with Gasteiger partial charge in [0.2, 0.25) is 0 Å². The maximum atomic E-state index is 11.7. The average molecular weight is 316 g/mol. The molecule has 0 aliphatic carbocycles. The molecule has 1 amide bonds. The minimum atomic E-state index is -0.532. The van der Waals surface area contributed by atoms with Crippen LogP contribution in [0.2, 0.25) is 0 Å². The first-order chi connectivity index (χ1) is 8.54. The number of carbonyl (C=O) groups is 1. The van der Waals surface area contributed by atoms with E-state index in [-0.39, 0.29) is 17.2 Å². The predicted molar refractivity (Wildman–Crippen MR) is 71.4 cm³/mol. The topological polar surface area (TPSA) is 98.3 Å². The van der Waals surface area contributed by atoms with E-state index in [0.29, 0.717) is 17.6 Å². The molecule has 0 bridgehead atoms. The number of amides is 1. The zero-order valence-electron chi connectivity index (χ0n) is 9.69. The first-order valence-corrected chi connectivity index (χ1v) is 6.27. The Morgan fingerprint density at radius 3 is 2.72 bits per heavy atom. The number of carbonyl (C=O) groups excluding carboxylic acids is 1. The van der Waals surface area contributed by atoms with Gasteiger partial charge in [0, 0.05) is 28.7 Å². The maximum Gasteiger partial charge on any atom is 0.271 e. The van der Waals surface area contributed by atoms with Gasteiger partial charge in [-0.1, -0.05) is 15.9 Å². The van der Waals surface area contributed by atoms with Crippen LogP contribution < -0.4 is 11.1 Å². The lowest BCUT2D eigenvalue weighted by molar-refractivity contribution is -0.385. The first kappa shape index (κ1) is 14.6. The summed E-state index contributed by atoms with van der Waals surface area (Å²) in [5.41, 5.74) is 5.49. The molecule has 1 aromatic carbocycles. The van der Waals surface area contributed by atoms with Crippen LogP contribution in [0.1, 0.15) is 23.2 Å². The molecule has 0 aromatic heterocycles. The molecule has 0 unspecified atom stereocenters. The van der Waals surface area contributed by atoms with Crippen molar-refractivity contribution in [2.75, 3.05) is 13.1 Å². The van der Waals surface area contributed by atoms with Crippen molar-refractivity contribution in [3.63, 3.8) is 0 Å². The highest BCUT2D eigenvalue weighted by molar-refractivity contribution is 9.10. The van der Waals surface area contributed by atoms with Gasteiger partial charge >= 0.3 is 0 Å². The molecule has 0 radical (unpaired) electrons. The third kappa shape index (κ3) is 4.42. The molecule has 0 saturated heterocycles. The van der Waals surface area contributed by atoms with E-state index in [1.54, 1.807) is 6.07 Å². The molecule has 18 heavy (non-hydrogen) atoms. The van der Waals surface area contributed by atoms with E-state index in [4.69, 9.17) is 5.73 Å². The number of nitrogens with zero attached hydrogens (tertiary/aromatic N) is 1. The second kappa shape index (κ2) is 7.07. The smallest absolute Gasteiger partial charge is 0.271 e. The zero-order valence-corrected chi connectivity index (χ0v) is 11.3. The van der Waals surface area contributed by atoms with Crippen LogP contribution in [0.5, 0.6) is 0 Å². The number of hydrogen-bond acceptors (Lipinski definition) is 4. The molecule has 6 nitrogen and oxygen atoms in total. The van der Waals surface area contributed by atoms with E-state index in [9.17, 15) is 14.9 Å². The third-order valence-electron chi connectivity index (χ3n) is 2.27.